The molecule has 0 amide bonds. The first-order chi connectivity index (χ1) is 11.2. The maximum atomic E-state index is 13.0. The first kappa shape index (κ1) is 16.5. The summed E-state index contributed by atoms with van der Waals surface area (Å²) in [5.41, 5.74) is 2.28. The number of hydrogen-bond donors (Lipinski definition) is 1. The standard InChI is InChI=1S/C18H14F3NOS/c1-10-3-4-14(16(23)7-10)15-9-24-17(22-15)12-5-11(2)6-13(8-12)18(19,20)21/h3-9,23H,1-2H3. The summed E-state index contributed by atoms with van der Waals surface area (Å²) in [5, 5.41) is 12.3. The molecule has 0 aliphatic rings. The Morgan fingerprint density at radius 1 is 1.00 bits per heavy atom. The number of rotatable bonds is 2. The molecule has 0 aliphatic heterocycles. The highest BCUT2D eigenvalue weighted by atomic mass is 32.1. The van der Waals surface area contributed by atoms with Crippen LogP contribution in [0, 0.1) is 13.8 Å². The van der Waals surface area contributed by atoms with Crippen LogP contribution in [0.2, 0.25) is 0 Å². The van der Waals surface area contributed by atoms with Crippen LogP contribution in [0.5, 0.6) is 5.75 Å². The highest BCUT2D eigenvalue weighted by molar-refractivity contribution is 7.13. The molecular weight excluding hydrogens is 335 g/mol. The Morgan fingerprint density at radius 2 is 1.75 bits per heavy atom. The van der Waals surface area contributed by atoms with Gasteiger partial charge in [0.2, 0.25) is 0 Å². The molecule has 124 valence electrons. The fourth-order valence-electron chi connectivity index (χ4n) is 2.46. The van der Waals surface area contributed by atoms with Crippen LogP contribution in [0.4, 0.5) is 13.2 Å². The van der Waals surface area contributed by atoms with Gasteiger partial charge in [-0.3, -0.25) is 0 Å². The highest BCUT2D eigenvalue weighted by Gasteiger charge is 2.31. The smallest absolute Gasteiger partial charge is 0.416 e. The summed E-state index contributed by atoms with van der Waals surface area (Å²) in [6.07, 6.45) is -4.39. The van der Waals surface area contributed by atoms with E-state index < -0.39 is 11.7 Å². The molecule has 1 heterocycles. The minimum atomic E-state index is -4.39. The molecule has 0 bridgehead atoms. The molecule has 6 heteroatoms. The normalized spacial score (nSPS) is 11.7. The molecule has 1 N–H and O–H groups in total. The van der Waals surface area contributed by atoms with Crippen molar-refractivity contribution in [1.29, 1.82) is 0 Å². The van der Waals surface area contributed by atoms with Crippen LogP contribution in [-0.4, -0.2) is 10.1 Å². The minimum Gasteiger partial charge on any atom is -0.507 e. The predicted octanol–water partition coefficient (Wildman–Crippen LogP) is 5.82. The van der Waals surface area contributed by atoms with Crippen LogP contribution in [0.1, 0.15) is 16.7 Å². The second-order valence-electron chi connectivity index (χ2n) is 5.64. The highest BCUT2D eigenvalue weighted by Crippen LogP contribution is 2.37. The predicted molar refractivity (Wildman–Crippen MR) is 89.1 cm³/mol. The van der Waals surface area contributed by atoms with Crippen molar-refractivity contribution in [2.45, 2.75) is 20.0 Å². The second kappa shape index (κ2) is 5.94. The lowest BCUT2D eigenvalue weighted by Crippen LogP contribution is -2.05. The lowest BCUT2D eigenvalue weighted by atomic mass is 10.1. The Hall–Kier alpha value is -2.34. The molecule has 0 unspecified atom stereocenters. The molecule has 0 spiro atoms. The lowest BCUT2D eigenvalue weighted by molar-refractivity contribution is -0.137. The summed E-state index contributed by atoms with van der Waals surface area (Å²) in [4.78, 5) is 4.40. The van der Waals surface area contributed by atoms with Gasteiger partial charge < -0.3 is 5.11 Å². The molecule has 0 aliphatic carbocycles. The minimum absolute atomic E-state index is 0.104. The summed E-state index contributed by atoms with van der Waals surface area (Å²) >= 11 is 1.25. The monoisotopic (exact) mass is 349 g/mol. The summed E-state index contributed by atoms with van der Waals surface area (Å²) in [6, 6.07) is 9.12. The van der Waals surface area contributed by atoms with Gasteiger partial charge >= 0.3 is 6.18 Å². The SMILES string of the molecule is Cc1cc(-c2nc(-c3ccc(C)cc3O)cs2)cc(C(F)(F)F)c1. The molecule has 0 saturated carbocycles. The van der Waals surface area contributed by atoms with Crippen molar-refractivity contribution in [3.63, 3.8) is 0 Å². The zero-order chi connectivity index (χ0) is 17.5. The van der Waals surface area contributed by atoms with E-state index in [1.165, 1.54) is 11.3 Å². The van der Waals surface area contributed by atoms with Gasteiger partial charge in [0.05, 0.1) is 11.3 Å². The second-order valence-corrected chi connectivity index (χ2v) is 6.50. The molecule has 0 fully saturated rings. The summed E-state index contributed by atoms with van der Waals surface area (Å²) in [5.74, 6) is 0.104. The number of phenolic OH excluding ortho intramolecular Hbond substituents is 1. The van der Waals surface area contributed by atoms with E-state index in [4.69, 9.17) is 0 Å². The maximum Gasteiger partial charge on any atom is 0.416 e. The van der Waals surface area contributed by atoms with Crippen molar-refractivity contribution in [2.24, 2.45) is 0 Å². The van der Waals surface area contributed by atoms with E-state index in [0.29, 0.717) is 27.4 Å². The number of hydrogen-bond acceptors (Lipinski definition) is 3. The number of benzene rings is 2. The largest absolute Gasteiger partial charge is 0.507 e. The van der Waals surface area contributed by atoms with Gasteiger partial charge in [0, 0.05) is 16.5 Å². The molecule has 0 saturated heterocycles. The zero-order valence-corrected chi connectivity index (χ0v) is 13.8. The molecule has 0 radical (unpaired) electrons. The Morgan fingerprint density at radius 3 is 2.42 bits per heavy atom. The molecule has 3 rings (SSSR count). The van der Waals surface area contributed by atoms with E-state index >= 15 is 0 Å². The van der Waals surface area contributed by atoms with E-state index in [1.54, 1.807) is 30.5 Å². The number of aryl methyl sites for hydroxylation is 2. The van der Waals surface area contributed by atoms with Gasteiger partial charge in [-0.25, -0.2) is 4.98 Å². The first-order valence-corrected chi connectivity index (χ1v) is 8.07. The number of phenols is 1. The maximum absolute atomic E-state index is 13.0. The van der Waals surface area contributed by atoms with Gasteiger partial charge in [-0.15, -0.1) is 11.3 Å². The average molecular weight is 349 g/mol. The van der Waals surface area contributed by atoms with Crippen LogP contribution < -0.4 is 0 Å². The molecule has 0 atom stereocenters. The Bertz CT molecular complexity index is 900. The summed E-state index contributed by atoms with van der Waals surface area (Å²) in [6.45, 7) is 3.49. The third-order valence-corrected chi connectivity index (χ3v) is 4.48. The number of aromatic hydroxyl groups is 1. The number of thiazole rings is 1. The van der Waals surface area contributed by atoms with Crippen LogP contribution >= 0.6 is 11.3 Å². The van der Waals surface area contributed by atoms with E-state index in [2.05, 4.69) is 4.98 Å². The number of nitrogens with zero attached hydrogens (tertiary/aromatic N) is 1. The third kappa shape index (κ3) is 3.28. The topological polar surface area (TPSA) is 33.1 Å². The Labute approximate surface area is 141 Å². The Kier molecular flexibility index (Phi) is 4.09. The van der Waals surface area contributed by atoms with Gasteiger partial charge in [0.15, 0.2) is 0 Å². The average Bonchev–Trinajstić information content (AvgIpc) is 2.95. The quantitative estimate of drug-likeness (QED) is 0.632. The molecule has 24 heavy (non-hydrogen) atoms. The molecule has 1 aromatic heterocycles. The fraction of sp³-hybridized carbons (Fsp3) is 0.167. The molecular formula is C18H14F3NOS. The Balaban J connectivity index is 2.04. The van der Waals surface area contributed by atoms with Crippen molar-refractivity contribution < 1.29 is 18.3 Å². The van der Waals surface area contributed by atoms with Crippen LogP contribution in [0.25, 0.3) is 21.8 Å². The van der Waals surface area contributed by atoms with Crippen molar-refractivity contribution in [2.75, 3.05) is 0 Å². The van der Waals surface area contributed by atoms with E-state index in [1.807, 2.05) is 13.0 Å². The third-order valence-electron chi connectivity index (χ3n) is 3.58. The number of alkyl halides is 3. The molecule has 2 aromatic carbocycles. The summed E-state index contributed by atoms with van der Waals surface area (Å²) < 4.78 is 38.9. The van der Waals surface area contributed by atoms with Crippen LogP contribution in [0.15, 0.2) is 41.8 Å². The van der Waals surface area contributed by atoms with Gasteiger partial charge in [0.25, 0.3) is 0 Å². The van der Waals surface area contributed by atoms with E-state index in [9.17, 15) is 18.3 Å². The molecule has 3 aromatic rings. The van der Waals surface area contributed by atoms with Gasteiger partial charge in [-0.1, -0.05) is 6.07 Å². The van der Waals surface area contributed by atoms with Gasteiger partial charge in [-0.05, 0) is 55.3 Å². The molecule has 2 nitrogen and oxygen atoms in total. The number of halogens is 3. The first-order valence-electron chi connectivity index (χ1n) is 7.19. The van der Waals surface area contributed by atoms with Crippen molar-refractivity contribution in [3.8, 4) is 27.6 Å². The fourth-order valence-corrected chi connectivity index (χ4v) is 3.27. The number of aromatic nitrogens is 1. The van der Waals surface area contributed by atoms with E-state index in [-0.39, 0.29) is 5.75 Å². The van der Waals surface area contributed by atoms with Crippen molar-refractivity contribution in [3.05, 3.63) is 58.5 Å². The summed E-state index contributed by atoms with van der Waals surface area (Å²) in [7, 11) is 0. The lowest BCUT2D eigenvalue weighted by Gasteiger charge is -2.09. The van der Waals surface area contributed by atoms with E-state index in [0.717, 1.165) is 17.7 Å². The van der Waals surface area contributed by atoms with Crippen molar-refractivity contribution in [1.82, 2.24) is 4.98 Å². The van der Waals surface area contributed by atoms with Crippen molar-refractivity contribution >= 4 is 11.3 Å². The van der Waals surface area contributed by atoms with Crippen LogP contribution in [0.3, 0.4) is 0 Å². The van der Waals surface area contributed by atoms with Crippen LogP contribution in [-0.2, 0) is 6.18 Å². The zero-order valence-electron chi connectivity index (χ0n) is 13.0. The van der Waals surface area contributed by atoms with Gasteiger partial charge in [0.1, 0.15) is 10.8 Å². The van der Waals surface area contributed by atoms with Gasteiger partial charge in [-0.2, -0.15) is 13.2 Å².